The molecule has 0 unspecified atom stereocenters. The first-order chi connectivity index (χ1) is 3.06. The largest absolute Gasteiger partial charge is 0.389 e. The fourth-order valence-electron chi connectivity index (χ4n) is 0.193. The quantitative estimate of drug-likeness (QED) is 0.525. The first-order valence-corrected chi connectivity index (χ1v) is 2.15. The number of nitriles is 1. The molecule has 1 N–H and O–H groups in total. The Hall–Kier alpha value is -0.550. The summed E-state index contributed by atoms with van der Waals surface area (Å²) < 4.78 is 0. The summed E-state index contributed by atoms with van der Waals surface area (Å²) in [5.41, 5.74) is -0.811. The van der Waals surface area contributed by atoms with Crippen LogP contribution in [0.1, 0.15) is 20.3 Å². The molecule has 40 valence electrons. The van der Waals surface area contributed by atoms with Crippen LogP contribution < -0.4 is 0 Å². The topological polar surface area (TPSA) is 44.0 Å². The molecular formula is C5H9NO. The maximum atomic E-state index is 8.80. The molecule has 0 saturated carbocycles. The number of hydrogen-bond donors (Lipinski definition) is 1. The van der Waals surface area contributed by atoms with Gasteiger partial charge in [0.1, 0.15) is 0 Å². The molecule has 0 saturated heterocycles. The van der Waals surface area contributed by atoms with Crippen LogP contribution in [0.5, 0.6) is 0 Å². The van der Waals surface area contributed by atoms with Gasteiger partial charge in [-0.3, -0.25) is 0 Å². The molecule has 2 nitrogen and oxygen atoms in total. The Labute approximate surface area is 43.4 Å². The zero-order chi connectivity index (χ0) is 5.91. The third kappa shape index (κ3) is 5.45. The van der Waals surface area contributed by atoms with Gasteiger partial charge in [-0.25, -0.2) is 0 Å². The molecule has 0 aliphatic heterocycles. The van der Waals surface area contributed by atoms with Gasteiger partial charge in [0, 0.05) is 0 Å². The van der Waals surface area contributed by atoms with Crippen molar-refractivity contribution in [2.24, 2.45) is 0 Å². The maximum absolute atomic E-state index is 8.80. The molecule has 0 aromatic heterocycles. The number of aliphatic hydroxyl groups is 1. The molecule has 0 radical (unpaired) electrons. The molecule has 0 atom stereocenters. The molecule has 0 aliphatic rings. The van der Waals surface area contributed by atoms with Crippen LogP contribution in [0.2, 0.25) is 0 Å². The van der Waals surface area contributed by atoms with E-state index in [2.05, 4.69) is 0 Å². The van der Waals surface area contributed by atoms with Gasteiger partial charge in [-0.2, -0.15) is 5.26 Å². The standard InChI is InChI=1S/C5H9NO/c1-5(2,7)3-4-6/h7H,3H2,1-2H3. The second-order valence-corrected chi connectivity index (χ2v) is 2.15. The minimum Gasteiger partial charge on any atom is -0.389 e. The number of rotatable bonds is 1. The SMILES string of the molecule is CC(C)(O)CC#N. The summed E-state index contributed by atoms with van der Waals surface area (Å²) in [7, 11) is 0. The van der Waals surface area contributed by atoms with Gasteiger partial charge in [0.15, 0.2) is 0 Å². The lowest BCUT2D eigenvalue weighted by atomic mass is 10.1. The molecule has 0 fully saturated rings. The zero-order valence-electron chi connectivity index (χ0n) is 4.60. The second kappa shape index (κ2) is 1.94. The van der Waals surface area contributed by atoms with E-state index in [0.29, 0.717) is 0 Å². The number of hydrogen-bond acceptors (Lipinski definition) is 2. The molecule has 2 heteroatoms. The Morgan fingerprint density at radius 2 is 2.14 bits per heavy atom. The first-order valence-electron chi connectivity index (χ1n) is 2.15. The highest BCUT2D eigenvalue weighted by atomic mass is 16.3. The van der Waals surface area contributed by atoms with Crippen molar-refractivity contribution < 1.29 is 5.11 Å². The summed E-state index contributed by atoms with van der Waals surface area (Å²) in [4.78, 5) is 0. The van der Waals surface area contributed by atoms with Gasteiger partial charge in [0.2, 0.25) is 0 Å². The van der Waals surface area contributed by atoms with Crippen molar-refractivity contribution in [3.63, 3.8) is 0 Å². The van der Waals surface area contributed by atoms with E-state index < -0.39 is 5.60 Å². The molecule has 0 rings (SSSR count). The Bertz CT molecular complexity index is 85.2. The Balaban J connectivity index is 3.40. The fourth-order valence-corrected chi connectivity index (χ4v) is 0.193. The van der Waals surface area contributed by atoms with Crippen molar-refractivity contribution in [1.29, 1.82) is 5.26 Å². The van der Waals surface area contributed by atoms with Crippen molar-refractivity contribution in [1.82, 2.24) is 0 Å². The minimum atomic E-state index is -0.811. The lowest BCUT2D eigenvalue weighted by Gasteiger charge is -2.09. The van der Waals surface area contributed by atoms with E-state index in [0.717, 1.165) is 0 Å². The van der Waals surface area contributed by atoms with Crippen molar-refractivity contribution in [2.75, 3.05) is 0 Å². The molecule has 7 heavy (non-hydrogen) atoms. The molecular weight excluding hydrogens is 90.1 g/mol. The predicted molar refractivity (Wildman–Crippen MR) is 26.5 cm³/mol. The van der Waals surface area contributed by atoms with Gasteiger partial charge < -0.3 is 5.11 Å². The normalized spacial score (nSPS) is 10.6. The van der Waals surface area contributed by atoms with Crippen LogP contribution in [-0.2, 0) is 0 Å². The van der Waals surface area contributed by atoms with Crippen molar-refractivity contribution >= 4 is 0 Å². The zero-order valence-corrected chi connectivity index (χ0v) is 4.60. The Kier molecular flexibility index (Phi) is 1.79. The van der Waals surface area contributed by atoms with Gasteiger partial charge in [0.25, 0.3) is 0 Å². The summed E-state index contributed by atoms with van der Waals surface area (Å²) in [6.45, 7) is 3.21. The van der Waals surface area contributed by atoms with Gasteiger partial charge >= 0.3 is 0 Å². The fraction of sp³-hybridized carbons (Fsp3) is 0.800. The van der Waals surface area contributed by atoms with E-state index in [1.807, 2.05) is 6.07 Å². The smallest absolute Gasteiger partial charge is 0.0721 e. The van der Waals surface area contributed by atoms with Crippen molar-refractivity contribution in [2.45, 2.75) is 25.9 Å². The van der Waals surface area contributed by atoms with E-state index in [1.165, 1.54) is 0 Å². The minimum absolute atomic E-state index is 0.201. The summed E-state index contributed by atoms with van der Waals surface area (Å²) in [5.74, 6) is 0. The average Bonchev–Trinajstić information content (AvgIpc) is 1.30. The van der Waals surface area contributed by atoms with Gasteiger partial charge in [-0.05, 0) is 13.8 Å². The third-order valence-electron chi connectivity index (χ3n) is 0.512. The summed E-state index contributed by atoms with van der Waals surface area (Å²) in [6, 6.07) is 1.86. The molecule has 0 spiro atoms. The van der Waals surface area contributed by atoms with E-state index in [-0.39, 0.29) is 6.42 Å². The molecule has 0 bridgehead atoms. The maximum Gasteiger partial charge on any atom is 0.0721 e. The van der Waals surface area contributed by atoms with E-state index in [1.54, 1.807) is 13.8 Å². The third-order valence-corrected chi connectivity index (χ3v) is 0.512. The van der Waals surface area contributed by atoms with Crippen LogP contribution in [0, 0.1) is 11.3 Å². The molecule has 0 aliphatic carbocycles. The van der Waals surface area contributed by atoms with Crippen LogP contribution >= 0.6 is 0 Å². The van der Waals surface area contributed by atoms with Crippen LogP contribution in [0.3, 0.4) is 0 Å². The number of nitrogens with zero attached hydrogens (tertiary/aromatic N) is 1. The van der Waals surface area contributed by atoms with Crippen LogP contribution in [0.4, 0.5) is 0 Å². The van der Waals surface area contributed by atoms with Crippen LogP contribution in [0.25, 0.3) is 0 Å². The second-order valence-electron chi connectivity index (χ2n) is 2.15. The van der Waals surface area contributed by atoms with Crippen LogP contribution in [-0.4, -0.2) is 10.7 Å². The Morgan fingerprint density at radius 1 is 1.71 bits per heavy atom. The lowest BCUT2D eigenvalue weighted by Crippen LogP contribution is -2.16. The van der Waals surface area contributed by atoms with E-state index in [9.17, 15) is 0 Å². The summed E-state index contributed by atoms with van der Waals surface area (Å²) in [6.07, 6.45) is 0.201. The highest BCUT2D eigenvalue weighted by Gasteiger charge is 2.09. The van der Waals surface area contributed by atoms with E-state index in [4.69, 9.17) is 10.4 Å². The highest BCUT2D eigenvalue weighted by molar-refractivity contribution is 4.80. The molecule has 0 amide bonds. The molecule has 0 aromatic carbocycles. The Morgan fingerprint density at radius 3 is 2.14 bits per heavy atom. The van der Waals surface area contributed by atoms with Crippen LogP contribution in [0.15, 0.2) is 0 Å². The predicted octanol–water partition coefficient (Wildman–Crippen LogP) is 0.671. The first kappa shape index (κ1) is 6.45. The van der Waals surface area contributed by atoms with Gasteiger partial charge in [-0.15, -0.1) is 0 Å². The average molecular weight is 99.1 g/mol. The highest BCUT2D eigenvalue weighted by Crippen LogP contribution is 2.03. The summed E-state index contributed by atoms with van der Waals surface area (Å²) in [5, 5.41) is 16.8. The van der Waals surface area contributed by atoms with Crippen molar-refractivity contribution in [3.05, 3.63) is 0 Å². The lowest BCUT2D eigenvalue weighted by molar-refractivity contribution is 0.0857. The monoisotopic (exact) mass is 99.1 g/mol. The molecule has 0 aromatic rings. The van der Waals surface area contributed by atoms with Crippen molar-refractivity contribution in [3.8, 4) is 6.07 Å². The van der Waals surface area contributed by atoms with E-state index >= 15 is 0 Å². The molecule has 0 heterocycles. The van der Waals surface area contributed by atoms with Gasteiger partial charge in [-0.1, -0.05) is 0 Å². The van der Waals surface area contributed by atoms with Gasteiger partial charge in [0.05, 0.1) is 18.1 Å². The summed E-state index contributed by atoms with van der Waals surface area (Å²) >= 11 is 0.